The minimum Gasteiger partial charge on any atom is -0.382 e. The average molecular weight is 162 g/mol. The fraction of sp³-hybridized carbons (Fsp3) is 0.250. The van der Waals surface area contributed by atoms with Crippen molar-refractivity contribution in [1.29, 1.82) is 0 Å². The zero-order chi connectivity index (χ0) is 8.72. The van der Waals surface area contributed by atoms with Crippen LogP contribution in [0.25, 0.3) is 5.52 Å². The molecule has 12 heavy (non-hydrogen) atoms. The molecule has 2 aromatic heterocycles. The second kappa shape index (κ2) is 2.20. The molecule has 0 saturated carbocycles. The monoisotopic (exact) mass is 162 g/mol. The molecule has 0 spiro atoms. The van der Waals surface area contributed by atoms with Crippen LogP contribution in [0.15, 0.2) is 12.3 Å². The topological polar surface area (TPSA) is 56.2 Å². The van der Waals surface area contributed by atoms with Crippen LogP contribution in [-0.4, -0.2) is 14.6 Å². The van der Waals surface area contributed by atoms with Crippen molar-refractivity contribution in [3.8, 4) is 0 Å². The highest BCUT2D eigenvalue weighted by Crippen LogP contribution is 2.11. The van der Waals surface area contributed by atoms with Crippen LogP contribution in [0.5, 0.6) is 0 Å². The SMILES string of the molecule is Cc1cn2nc(N)cc2c(C)n1. The summed E-state index contributed by atoms with van der Waals surface area (Å²) in [7, 11) is 0. The first kappa shape index (κ1) is 7.09. The summed E-state index contributed by atoms with van der Waals surface area (Å²) in [6.07, 6.45) is 1.86. The van der Waals surface area contributed by atoms with Gasteiger partial charge in [-0.25, -0.2) is 4.52 Å². The number of fused-ring (bicyclic) bond motifs is 1. The van der Waals surface area contributed by atoms with Crippen molar-refractivity contribution in [2.24, 2.45) is 0 Å². The van der Waals surface area contributed by atoms with Gasteiger partial charge in [0.1, 0.15) is 5.82 Å². The third-order valence-corrected chi connectivity index (χ3v) is 1.78. The van der Waals surface area contributed by atoms with E-state index in [0.717, 1.165) is 16.9 Å². The maximum atomic E-state index is 5.55. The zero-order valence-corrected chi connectivity index (χ0v) is 7.07. The summed E-state index contributed by atoms with van der Waals surface area (Å²) < 4.78 is 1.76. The third kappa shape index (κ3) is 0.922. The van der Waals surface area contributed by atoms with Gasteiger partial charge in [0, 0.05) is 6.07 Å². The van der Waals surface area contributed by atoms with Gasteiger partial charge in [0.2, 0.25) is 0 Å². The Labute approximate surface area is 70.0 Å². The molecule has 0 atom stereocenters. The molecule has 0 unspecified atom stereocenters. The molecule has 0 aliphatic rings. The number of hydrogen-bond donors (Lipinski definition) is 1. The van der Waals surface area contributed by atoms with Crippen LogP contribution in [0.2, 0.25) is 0 Å². The van der Waals surface area contributed by atoms with Crippen molar-refractivity contribution < 1.29 is 0 Å². The first-order valence-electron chi connectivity index (χ1n) is 3.76. The van der Waals surface area contributed by atoms with Crippen molar-refractivity contribution in [3.05, 3.63) is 23.7 Å². The van der Waals surface area contributed by atoms with Crippen molar-refractivity contribution in [1.82, 2.24) is 14.6 Å². The Morgan fingerprint density at radius 2 is 2.17 bits per heavy atom. The van der Waals surface area contributed by atoms with E-state index in [0.29, 0.717) is 5.82 Å². The summed E-state index contributed by atoms with van der Waals surface area (Å²) in [5.41, 5.74) is 8.43. The number of aryl methyl sites for hydroxylation is 2. The third-order valence-electron chi connectivity index (χ3n) is 1.78. The normalized spacial score (nSPS) is 10.8. The van der Waals surface area contributed by atoms with Gasteiger partial charge in [0.05, 0.1) is 23.1 Å². The second-order valence-electron chi connectivity index (χ2n) is 2.87. The maximum Gasteiger partial charge on any atom is 0.146 e. The molecule has 0 aliphatic heterocycles. The van der Waals surface area contributed by atoms with Gasteiger partial charge in [-0.1, -0.05) is 0 Å². The summed E-state index contributed by atoms with van der Waals surface area (Å²) in [6.45, 7) is 3.88. The molecule has 0 saturated heterocycles. The minimum absolute atomic E-state index is 0.533. The molecule has 62 valence electrons. The first-order chi connectivity index (χ1) is 5.66. The van der Waals surface area contributed by atoms with Crippen LogP contribution < -0.4 is 5.73 Å². The summed E-state index contributed by atoms with van der Waals surface area (Å²) in [6, 6.07) is 1.82. The lowest BCUT2D eigenvalue weighted by Crippen LogP contribution is -1.95. The quantitative estimate of drug-likeness (QED) is 0.627. The van der Waals surface area contributed by atoms with E-state index in [-0.39, 0.29) is 0 Å². The number of nitrogens with two attached hydrogens (primary N) is 1. The van der Waals surface area contributed by atoms with Crippen molar-refractivity contribution >= 4 is 11.3 Å². The molecule has 0 aliphatic carbocycles. The molecular formula is C8H10N4. The van der Waals surface area contributed by atoms with Crippen molar-refractivity contribution in [2.45, 2.75) is 13.8 Å². The molecule has 0 bridgehead atoms. The van der Waals surface area contributed by atoms with E-state index >= 15 is 0 Å². The molecule has 4 nitrogen and oxygen atoms in total. The van der Waals surface area contributed by atoms with E-state index < -0.39 is 0 Å². The molecule has 2 rings (SSSR count). The Hall–Kier alpha value is -1.58. The molecule has 0 radical (unpaired) electrons. The molecule has 4 heteroatoms. The van der Waals surface area contributed by atoms with Crippen molar-refractivity contribution in [3.63, 3.8) is 0 Å². The van der Waals surface area contributed by atoms with Gasteiger partial charge in [-0.05, 0) is 13.8 Å². The summed E-state index contributed by atoms with van der Waals surface area (Å²) in [4.78, 5) is 4.30. The molecule has 0 aromatic carbocycles. The summed E-state index contributed by atoms with van der Waals surface area (Å²) in [5, 5.41) is 4.09. The Kier molecular flexibility index (Phi) is 1.30. The number of nitrogen functional groups attached to an aromatic ring is 1. The number of rotatable bonds is 0. The average Bonchev–Trinajstić information content (AvgIpc) is 2.29. The molecule has 2 N–H and O–H groups in total. The minimum atomic E-state index is 0.533. The van der Waals surface area contributed by atoms with Gasteiger partial charge in [0.25, 0.3) is 0 Å². The molecule has 2 aromatic rings. The highest BCUT2D eigenvalue weighted by atomic mass is 15.2. The fourth-order valence-electron chi connectivity index (χ4n) is 1.31. The zero-order valence-electron chi connectivity index (χ0n) is 7.07. The first-order valence-corrected chi connectivity index (χ1v) is 3.76. The molecular weight excluding hydrogens is 152 g/mol. The van der Waals surface area contributed by atoms with Crippen molar-refractivity contribution in [2.75, 3.05) is 5.73 Å². The highest BCUT2D eigenvalue weighted by Gasteiger charge is 2.02. The molecule has 2 heterocycles. The van der Waals surface area contributed by atoms with Gasteiger partial charge in [-0.2, -0.15) is 5.10 Å². The predicted octanol–water partition coefficient (Wildman–Crippen LogP) is 0.928. The van der Waals surface area contributed by atoms with Crippen LogP contribution in [0.4, 0.5) is 5.82 Å². The lowest BCUT2D eigenvalue weighted by molar-refractivity contribution is 0.919. The van der Waals surface area contributed by atoms with Gasteiger partial charge >= 0.3 is 0 Å². The summed E-state index contributed by atoms with van der Waals surface area (Å²) in [5.74, 6) is 0.533. The second-order valence-corrected chi connectivity index (χ2v) is 2.87. The van der Waals surface area contributed by atoms with Gasteiger partial charge in [-0.3, -0.25) is 4.98 Å². The Balaban J connectivity index is 2.88. The van der Waals surface area contributed by atoms with E-state index in [2.05, 4.69) is 10.1 Å². The number of anilines is 1. The van der Waals surface area contributed by atoms with Crippen LogP contribution in [0.1, 0.15) is 11.4 Å². The Morgan fingerprint density at radius 3 is 2.92 bits per heavy atom. The smallest absolute Gasteiger partial charge is 0.146 e. The largest absolute Gasteiger partial charge is 0.382 e. The van der Waals surface area contributed by atoms with Gasteiger partial charge in [-0.15, -0.1) is 0 Å². The van der Waals surface area contributed by atoms with E-state index in [1.54, 1.807) is 4.52 Å². The molecule has 0 amide bonds. The van der Waals surface area contributed by atoms with E-state index in [1.165, 1.54) is 0 Å². The van der Waals surface area contributed by atoms with Crippen LogP contribution >= 0.6 is 0 Å². The number of hydrogen-bond acceptors (Lipinski definition) is 3. The highest BCUT2D eigenvalue weighted by molar-refractivity contribution is 5.57. The van der Waals surface area contributed by atoms with E-state index in [1.807, 2.05) is 26.1 Å². The lowest BCUT2D eigenvalue weighted by Gasteiger charge is -1.97. The van der Waals surface area contributed by atoms with Crippen LogP contribution in [-0.2, 0) is 0 Å². The Morgan fingerprint density at radius 1 is 1.42 bits per heavy atom. The standard InChI is InChI=1S/C8H10N4/c1-5-4-12-7(6(2)10-5)3-8(9)11-12/h3-4H,1-2H3,(H2,9,11). The predicted molar refractivity (Wildman–Crippen MR) is 46.9 cm³/mol. The van der Waals surface area contributed by atoms with E-state index in [9.17, 15) is 0 Å². The molecule has 0 fully saturated rings. The maximum absolute atomic E-state index is 5.55. The van der Waals surface area contributed by atoms with Crippen LogP contribution in [0.3, 0.4) is 0 Å². The van der Waals surface area contributed by atoms with Gasteiger partial charge < -0.3 is 5.73 Å². The fourth-order valence-corrected chi connectivity index (χ4v) is 1.31. The lowest BCUT2D eigenvalue weighted by atomic mass is 10.3. The van der Waals surface area contributed by atoms with Crippen LogP contribution in [0, 0.1) is 13.8 Å². The van der Waals surface area contributed by atoms with Gasteiger partial charge in [0.15, 0.2) is 0 Å². The summed E-state index contributed by atoms with van der Waals surface area (Å²) >= 11 is 0. The number of aromatic nitrogens is 3. The Bertz CT molecular complexity index is 430. The van der Waals surface area contributed by atoms with E-state index in [4.69, 9.17) is 5.73 Å². The number of nitrogens with zero attached hydrogens (tertiary/aromatic N) is 3.